The van der Waals surface area contributed by atoms with Crippen LogP contribution in [0.15, 0.2) is 22.7 Å². The standard InChI is InChI=1S/C14H21BrFN/c1-2-3-4-5-6-7-11-17-14-12(15)9-8-10-13(14)16/h8-10,17H,2-7,11H2,1H3. The molecule has 0 bridgehead atoms. The molecule has 1 aromatic carbocycles. The van der Waals surface area contributed by atoms with Crippen LogP contribution in [0.3, 0.4) is 0 Å². The van der Waals surface area contributed by atoms with Gasteiger partial charge in [0.25, 0.3) is 0 Å². The summed E-state index contributed by atoms with van der Waals surface area (Å²) in [5.41, 5.74) is 0.584. The van der Waals surface area contributed by atoms with Gasteiger partial charge in [-0.25, -0.2) is 4.39 Å². The first-order chi connectivity index (χ1) is 8.25. The van der Waals surface area contributed by atoms with Crippen LogP contribution in [0.5, 0.6) is 0 Å². The highest BCUT2D eigenvalue weighted by molar-refractivity contribution is 9.10. The van der Waals surface area contributed by atoms with Crippen molar-refractivity contribution in [3.63, 3.8) is 0 Å². The Kier molecular flexibility index (Phi) is 7.25. The van der Waals surface area contributed by atoms with Crippen molar-refractivity contribution in [3.05, 3.63) is 28.5 Å². The molecule has 0 aliphatic heterocycles. The molecule has 0 atom stereocenters. The molecule has 1 aromatic rings. The minimum absolute atomic E-state index is 0.189. The minimum Gasteiger partial charge on any atom is -0.382 e. The Balaban J connectivity index is 2.18. The maximum Gasteiger partial charge on any atom is 0.147 e. The van der Waals surface area contributed by atoms with Gasteiger partial charge >= 0.3 is 0 Å². The van der Waals surface area contributed by atoms with Crippen LogP contribution >= 0.6 is 15.9 Å². The minimum atomic E-state index is -0.189. The van der Waals surface area contributed by atoms with E-state index in [4.69, 9.17) is 0 Å². The summed E-state index contributed by atoms with van der Waals surface area (Å²) in [6.45, 7) is 3.06. The molecule has 17 heavy (non-hydrogen) atoms. The van der Waals surface area contributed by atoms with E-state index in [2.05, 4.69) is 28.2 Å². The lowest BCUT2D eigenvalue weighted by molar-refractivity contribution is 0.611. The van der Waals surface area contributed by atoms with Gasteiger partial charge in [0, 0.05) is 11.0 Å². The molecule has 0 aliphatic rings. The fraction of sp³-hybridized carbons (Fsp3) is 0.571. The van der Waals surface area contributed by atoms with Gasteiger partial charge < -0.3 is 5.32 Å². The zero-order valence-corrected chi connectivity index (χ0v) is 12.0. The smallest absolute Gasteiger partial charge is 0.147 e. The van der Waals surface area contributed by atoms with Crippen LogP contribution in [0.25, 0.3) is 0 Å². The first kappa shape index (κ1) is 14.5. The van der Waals surface area contributed by atoms with E-state index < -0.39 is 0 Å². The summed E-state index contributed by atoms with van der Waals surface area (Å²) in [6.07, 6.45) is 7.53. The predicted molar refractivity (Wildman–Crippen MR) is 76.0 cm³/mol. The maximum atomic E-state index is 13.4. The highest BCUT2D eigenvalue weighted by Crippen LogP contribution is 2.25. The average molecular weight is 302 g/mol. The molecule has 0 saturated heterocycles. The van der Waals surface area contributed by atoms with E-state index in [0.29, 0.717) is 5.69 Å². The molecule has 1 nitrogen and oxygen atoms in total. The number of unbranched alkanes of at least 4 members (excludes halogenated alkanes) is 5. The number of halogens is 2. The third-order valence-corrected chi connectivity index (χ3v) is 3.46. The van der Waals surface area contributed by atoms with Gasteiger partial charge in [-0.1, -0.05) is 45.1 Å². The quantitative estimate of drug-likeness (QED) is 0.637. The number of hydrogen-bond donors (Lipinski definition) is 1. The third kappa shape index (κ3) is 5.53. The second-order valence-corrected chi connectivity index (χ2v) is 5.15. The van der Waals surface area contributed by atoms with Gasteiger partial charge in [-0.05, 0) is 34.5 Å². The maximum absolute atomic E-state index is 13.4. The van der Waals surface area contributed by atoms with E-state index in [9.17, 15) is 4.39 Å². The molecule has 0 fully saturated rings. The van der Waals surface area contributed by atoms with E-state index in [-0.39, 0.29) is 5.82 Å². The number of nitrogens with one attached hydrogen (secondary N) is 1. The van der Waals surface area contributed by atoms with E-state index in [1.165, 1.54) is 38.2 Å². The van der Waals surface area contributed by atoms with E-state index in [1.54, 1.807) is 6.07 Å². The van der Waals surface area contributed by atoms with Crippen molar-refractivity contribution in [2.24, 2.45) is 0 Å². The van der Waals surface area contributed by atoms with Crippen LogP contribution in [0.1, 0.15) is 45.4 Å². The van der Waals surface area contributed by atoms with Crippen molar-refractivity contribution in [2.75, 3.05) is 11.9 Å². The Morgan fingerprint density at radius 1 is 1.12 bits per heavy atom. The Morgan fingerprint density at radius 3 is 2.53 bits per heavy atom. The van der Waals surface area contributed by atoms with Gasteiger partial charge in [0.2, 0.25) is 0 Å². The molecule has 0 saturated carbocycles. The summed E-state index contributed by atoms with van der Waals surface area (Å²) < 4.78 is 14.2. The summed E-state index contributed by atoms with van der Waals surface area (Å²) >= 11 is 3.35. The highest BCUT2D eigenvalue weighted by Gasteiger charge is 2.04. The van der Waals surface area contributed by atoms with Gasteiger partial charge in [-0.2, -0.15) is 0 Å². The van der Waals surface area contributed by atoms with Crippen LogP contribution in [0, 0.1) is 5.82 Å². The lowest BCUT2D eigenvalue weighted by atomic mass is 10.1. The predicted octanol–water partition coefficient (Wildman–Crippen LogP) is 5.36. The van der Waals surface area contributed by atoms with Crippen LogP contribution in [0.4, 0.5) is 10.1 Å². The first-order valence-corrected chi connectivity index (χ1v) is 7.23. The van der Waals surface area contributed by atoms with Crippen LogP contribution < -0.4 is 5.32 Å². The van der Waals surface area contributed by atoms with Crippen molar-refractivity contribution in [3.8, 4) is 0 Å². The highest BCUT2D eigenvalue weighted by atomic mass is 79.9. The second-order valence-electron chi connectivity index (χ2n) is 4.29. The zero-order chi connectivity index (χ0) is 12.5. The summed E-state index contributed by atoms with van der Waals surface area (Å²) in [5.74, 6) is -0.189. The normalized spacial score (nSPS) is 10.5. The van der Waals surface area contributed by atoms with Gasteiger partial charge in [0.05, 0.1) is 5.69 Å². The molecule has 0 radical (unpaired) electrons. The van der Waals surface area contributed by atoms with Crippen LogP contribution in [0.2, 0.25) is 0 Å². The summed E-state index contributed by atoms with van der Waals surface area (Å²) in [4.78, 5) is 0. The monoisotopic (exact) mass is 301 g/mol. The number of rotatable bonds is 8. The topological polar surface area (TPSA) is 12.0 Å². The SMILES string of the molecule is CCCCCCCCNc1c(F)cccc1Br. The van der Waals surface area contributed by atoms with Crippen molar-refractivity contribution in [1.29, 1.82) is 0 Å². The molecule has 0 aromatic heterocycles. The van der Waals surface area contributed by atoms with Crippen molar-refractivity contribution < 1.29 is 4.39 Å². The largest absolute Gasteiger partial charge is 0.382 e. The Hall–Kier alpha value is -0.570. The van der Waals surface area contributed by atoms with E-state index >= 15 is 0 Å². The molecule has 3 heteroatoms. The van der Waals surface area contributed by atoms with Gasteiger partial charge in [-0.15, -0.1) is 0 Å². The molecule has 0 heterocycles. The Labute approximate surface area is 112 Å². The molecule has 1 rings (SSSR count). The zero-order valence-electron chi connectivity index (χ0n) is 10.4. The summed E-state index contributed by atoms with van der Waals surface area (Å²) in [7, 11) is 0. The second kappa shape index (κ2) is 8.51. The summed E-state index contributed by atoms with van der Waals surface area (Å²) in [5, 5.41) is 3.15. The molecule has 0 aliphatic carbocycles. The molecular weight excluding hydrogens is 281 g/mol. The van der Waals surface area contributed by atoms with Crippen molar-refractivity contribution in [1.82, 2.24) is 0 Å². The van der Waals surface area contributed by atoms with Crippen molar-refractivity contribution in [2.45, 2.75) is 45.4 Å². The van der Waals surface area contributed by atoms with Crippen LogP contribution in [-0.4, -0.2) is 6.54 Å². The molecule has 1 N–H and O–H groups in total. The number of hydrogen-bond acceptors (Lipinski definition) is 1. The molecule has 0 spiro atoms. The lowest BCUT2D eigenvalue weighted by Gasteiger charge is -2.09. The number of anilines is 1. The molecule has 0 amide bonds. The van der Waals surface area contributed by atoms with Gasteiger partial charge in [0.1, 0.15) is 5.82 Å². The van der Waals surface area contributed by atoms with Crippen LogP contribution in [-0.2, 0) is 0 Å². The Bertz CT molecular complexity index is 308. The van der Waals surface area contributed by atoms with Gasteiger partial charge in [-0.3, -0.25) is 0 Å². The van der Waals surface area contributed by atoms with Crippen molar-refractivity contribution >= 4 is 21.6 Å². The Morgan fingerprint density at radius 2 is 1.82 bits per heavy atom. The third-order valence-electron chi connectivity index (χ3n) is 2.79. The fourth-order valence-electron chi connectivity index (χ4n) is 1.79. The first-order valence-electron chi connectivity index (χ1n) is 6.43. The average Bonchev–Trinajstić information content (AvgIpc) is 2.31. The molecule has 0 unspecified atom stereocenters. The van der Waals surface area contributed by atoms with E-state index in [1.807, 2.05) is 6.07 Å². The van der Waals surface area contributed by atoms with Gasteiger partial charge in [0.15, 0.2) is 0 Å². The fourth-order valence-corrected chi connectivity index (χ4v) is 2.27. The summed E-state index contributed by atoms with van der Waals surface area (Å²) in [6, 6.07) is 5.04. The number of benzene rings is 1. The number of para-hydroxylation sites is 1. The van der Waals surface area contributed by atoms with E-state index in [0.717, 1.165) is 17.4 Å². The molecular formula is C14H21BrFN. The molecule has 96 valence electrons. The lowest BCUT2D eigenvalue weighted by Crippen LogP contribution is -2.04.